The van der Waals surface area contributed by atoms with Crippen molar-refractivity contribution in [3.63, 3.8) is 0 Å². The van der Waals surface area contributed by atoms with Gasteiger partial charge in [-0.1, -0.05) is 29.8 Å². The lowest BCUT2D eigenvalue weighted by atomic mass is 10.0. The SMILES string of the molecule is Cc1nc(Cl)c(C)c(NC2CCOc3ccccc32)n1. The Hall–Kier alpha value is -1.81. The number of aryl methyl sites for hydroxylation is 1. The van der Waals surface area contributed by atoms with Gasteiger partial charge in [-0.15, -0.1) is 0 Å². The van der Waals surface area contributed by atoms with Crippen molar-refractivity contribution in [3.05, 3.63) is 46.4 Å². The van der Waals surface area contributed by atoms with Gasteiger partial charge in [-0.25, -0.2) is 9.97 Å². The molecule has 1 aromatic carbocycles. The number of hydrogen-bond donors (Lipinski definition) is 1. The number of hydrogen-bond acceptors (Lipinski definition) is 4. The molecule has 0 saturated heterocycles. The highest BCUT2D eigenvalue weighted by molar-refractivity contribution is 6.30. The molecule has 0 aliphatic carbocycles. The Morgan fingerprint density at radius 2 is 2.05 bits per heavy atom. The number of anilines is 1. The summed E-state index contributed by atoms with van der Waals surface area (Å²) in [7, 11) is 0. The molecule has 3 rings (SSSR count). The molecule has 4 nitrogen and oxygen atoms in total. The molecule has 1 aliphatic heterocycles. The maximum atomic E-state index is 6.12. The molecule has 0 spiro atoms. The van der Waals surface area contributed by atoms with Gasteiger partial charge in [-0.2, -0.15) is 0 Å². The first-order valence-electron chi connectivity index (χ1n) is 6.64. The first-order chi connectivity index (χ1) is 9.65. The molecule has 1 aromatic heterocycles. The maximum Gasteiger partial charge on any atom is 0.137 e. The van der Waals surface area contributed by atoms with Gasteiger partial charge in [0.1, 0.15) is 22.5 Å². The molecule has 0 saturated carbocycles. The van der Waals surface area contributed by atoms with Gasteiger partial charge in [0, 0.05) is 17.5 Å². The summed E-state index contributed by atoms with van der Waals surface area (Å²) >= 11 is 6.12. The highest BCUT2D eigenvalue weighted by Gasteiger charge is 2.22. The van der Waals surface area contributed by atoms with E-state index in [0.717, 1.165) is 29.1 Å². The molecule has 0 fully saturated rings. The topological polar surface area (TPSA) is 47.0 Å². The minimum absolute atomic E-state index is 0.184. The van der Waals surface area contributed by atoms with Crippen molar-refractivity contribution in [1.29, 1.82) is 0 Å². The van der Waals surface area contributed by atoms with Gasteiger partial charge in [0.25, 0.3) is 0 Å². The summed E-state index contributed by atoms with van der Waals surface area (Å²) in [5, 5.41) is 3.97. The number of rotatable bonds is 2. The van der Waals surface area contributed by atoms with Crippen molar-refractivity contribution in [3.8, 4) is 5.75 Å². The zero-order valence-corrected chi connectivity index (χ0v) is 12.2. The molecule has 0 bridgehead atoms. The zero-order chi connectivity index (χ0) is 14.1. The summed E-state index contributed by atoms with van der Waals surface area (Å²) < 4.78 is 5.67. The molecule has 2 aromatic rings. The summed E-state index contributed by atoms with van der Waals surface area (Å²) in [4.78, 5) is 8.61. The van der Waals surface area contributed by atoms with E-state index in [1.165, 1.54) is 0 Å². The molecule has 1 aliphatic rings. The summed E-state index contributed by atoms with van der Waals surface area (Å²) in [6.07, 6.45) is 0.900. The van der Waals surface area contributed by atoms with Crippen LogP contribution < -0.4 is 10.1 Å². The van der Waals surface area contributed by atoms with Crippen LogP contribution in [-0.2, 0) is 0 Å². The third-order valence-corrected chi connectivity index (χ3v) is 3.84. The van der Waals surface area contributed by atoms with Crippen LogP contribution in [0.5, 0.6) is 5.75 Å². The lowest BCUT2D eigenvalue weighted by Gasteiger charge is -2.27. The van der Waals surface area contributed by atoms with Gasteiger partial charge in [-0.05, 0) is 19.9 Å². The van der Waals surface area contributed by atoms with Gasteiger partial charge in [0.2, 0.25) is 0 Å². The Kier molecular flexibility index (Phi) is 3.49. The van der Waals surface area contributed by atoms with Crippen LogP contribution in [-0.4, -0.2) is 16.6 Å². The Balaban J connectivity index is 1.93. The van der Waals surface area contributed by atoms with E-state index in [1.54, 1.807) is 0 Å². The minimum atomic E-state index is 0.184. The minimum Gasteiger partial charge on any atom is -0.493 e. The first kappa shape index (κ1) is 13.2. The summed E-state index contributed by atoms with van der Waals surface area (Å²) in [5.74, 6) is 2.40. The van der Waals surface area contributed by atoms with Crippen LogP contribution in [0.3, 0.4) is 0 Å². The van der Waals surface area contributed by atoms with Crippen LogP contribution in [0.25, 0.3) is 0 Å². The van der Waals surface area contributed by atoms with Crippen molar-refractivity contribution < 1.29 is 4.74 Å². The zero-order valence-electron chi connectivity index (χ0n) is 11.5. The number of nitrogens with zero attached hydrogens (tertiary/aromatic N) is 2. The standard InChI is InChI=1S/C15H16ClN3O/c1-9-14(16)17-10(2)18-15(9)19-12-7-8-20-13-6-4-3-5-11(12)13/h3-6,12H,7-8H2,1-2H3,(H,17,18,19). The van der Waals surface area contributed by atoms with E-state index in [-0.39, 0.29) is 6.04 Å². The van der Waals surface area contributed by atoms with Crippen LogP contribution >= 0.6 is 11.6 Å². The number of benzene rings is 1. The number of halogens is 1. The Bertz CT molecular complexity index is 645. The summed E-state index contributed by atoms with van der Waals surface area (Å²) in [6.45, 7) is 4.47. The smallest absolute Gasteiger partial charge is 0.137 e. The van der Waals surface area contributed by atoms with Crippen LogP contribution in [0.2, 0.25) is 5.15 Å². The van der Waals surface area contributed by atoms with Crippen molar-refractivity contribution in [2.75, 3.05) is 11.9 Å². The molecular weight excluding hydrogens is 274 g/mol. The quantitative estimate of drug-likeness (QED) is 0.857. The molecule has 0 amide bonds. The molecule has 104 valence electrons. The van der Waals surface area contributed by atoms with E-state index in [0.29, 0.717) is 17.6 Å². The summed E-state index contributed by atoms with van der Waals surface area (Å²) in [5.41, 5.74) is 2.03. The van der Waals surface area contributed by atoms with Crippen molar-refractivity contribution in [2.24, 2.45) is 0 Å². The van der Waals surface area contributed by atoms with E-state index >= 15 is 0 Å². The predicted molar refractivity (Wildman–Crippen MR) is 79.4 cm³/mol. The fourth-order valence-electron chi connectivity index (χ4n) is 2.39. The normalized spacial score (nSPS) is 17.2. The molecule has 2 heterocycles. The maximum absolute atomic E-state index is 6.12. The lowest BCUT2D eigenvalue weighted by molar-refractivity contribution is 0.274. The Morgan fingerprint density at radius 1 is 1.25 bits per heavy atom. The average molecular weight is 290 g/mol. The van der Waals surface area contributed by atoms with Crippen LogP contribution in [0, 0.1) is 13.8 Å². The van der Waals surface area contributed by atoms with Crippen molar-refractivity contribution in [1.82, 2.24) is 9.97 Å². The number of ether oxygens (including phenoxy) is 1. The third kappa shape index (κ3) is 2.43. The molecule has 0 radical (unpaired) electrons. The van der Waals surface area contributed by atoms with Gasteiger partial charge >= 0.3 is 0 Å². The lowest BCUT2D eigenvalue weighted by Crippen LogP contribution is -2.21. The largest absolute Gasteiger partial charge is 0.493 e. The van der Waals surface area contributed by atoms with Crippen LogP contribution in [0.4, 0.5) is 5.82 Å². The predicted octanol–water partition coefficient (Wildman–Crippen LogP) is 3.68. The van der Waals surface area contributed by atoms with Crippen molar-refractivity contribution in [2.45, 2.75) is 26.3 Å². The van der Waals surface area contributed by atoms with Crippen LogP contribution in [0.1, 0.15) is 29.4 Å². The molecule has 5 heteroatoms. The second kappa shape index (κ2) is 5.29. The van der Waals surface area contributed by atoms with Gasteiger partial charge < -0.3 is 10.1 Å². The molecule has 20 heavy (non-hydrogen) atoms. The molecule has 1 N–H and O–H groups in total. The third-order valence-electron chi connectivity index (χ3n) is 3.47. The van der Waals surface area contributed by atoms with E-state index < -0.39 is 0 Å². The molecule has 1 unspecified atom stereocenters. The highest BCUT2D eigenvalue weighted by atomic mass is 35.5. The fraction of sp³-hybridized carbons (Fsp3) is 0.333. The molecule has 1 atom stereocenters. The van der Waals surface area contributed by atoms with E-state index in [4.69, 9.17) is 16.3 Å². The fourth-order valence-corrected chi connectivity index (χ4v) is 2.60. The number of nitrogens with one attached hydrogen (secondary N) is 1. The van der Waals surface area contributed by atoms with Gasteiger partial charge in [0.15, 0.2) is 0 Å². The second-order valence-corrected chi connectivity index (χ2v) is 5.27. The monoisotopic (exact) mass is 289 g/mol. The number of fused-ring (bicyclic) bond motifs is 1. The van der Waals surface area contributed by atoms with Crippen LogP contribution in [0.15, 0.2) is 24.3 Å². The van der Waals surface area contributed by atoms with Crippen molar-refractivity contribution >= 4 is 17.4 Å². The Labute approximate surface area is 123 Å². The van der Waals surface area contributed by atoms with E-state index in [9.17, 15) is 0 Å². The van der Waals surface area contributed by atoms with Gasteiger partial charge in [-0.3, -0.25) is 0 Å². The highest BCUT2D eigenvalue weighted by Crippen LogP contribution is 2.34. The summed E-state index contributed by atoms with van der Waals surface area (Å²) in [6, 6.07) is 8.26. The number of aromatic nitrogens is 2. The molecular formula is C15H16ClN3O. The average Bonchev–Trinajstić information content (AvgIpc) is 2.44. The first-order valence-corrected chi connectivity index (χ1v) is 7.02. The number of para-hydroxylation sites is 1. The Morgan fingerprint density at radius 3 is 2.90 bits per heavy atom. The van der Waals surface area contributed by atoms with E-state index in [1.807, 2.05) is 32.0 Å². The van der Waals surface area contributed by atoms with E-state index in [2.05, 4.69) is 21.4 Å². The van der Waals surface area contributed by atoms with Gasteiger partial charge in [0.05, 0.1) is 12.6 Å². The second-order valence-electron chi connectivity index (χ2n) is 4.91.